The highest BCUT2D eigenvalue weighted by atomic mass is 16.6. The van der Waals surface area contributed by atoms with Gasteiger partial charge in [0.05, 0.1) is 7.11 Å². The molecule has 0 heterocycles. The van der Waals surface area contributed by atoms with Gasteiger partial charge in [-0.3, -0.25) is 4.79 Å². The van der Waals surface area contributed by atoms with Crippen molar-refractivity contribution in [3.05, 3.63) is 23.3 Å². The minimum atomic E-state index is -0.304. The third-order valence-corrected chi connectivity index (χ3v) is 6.19. The summed E-state index contributed by atoms with van der Waals surface area (Å²) in [5, 5.41) is 0. The van der Waals surface area contributed by atoms with Gasteiger partial charge in [-0.25, -0.2) is 0 Å². The Bertz CT molecular complexity index is 632. The lowest BCUT2D eigenvalue weighted by molar-refractivity contribution is -0.132. The zero-order valence-electron chi connectivity index (χ0n) is 15.0. The van der Waals surface area contributed by atoms with E-state index in [2.05, 4.69) is 26.8 Å². The molecule has 2 atom stereocenters. The van der Waals surface area contributed by atoms with Crippen LogP contribution in [0.2, 0.25) is 0 Å². The van der Waals surface area contributed by atoms with Gasteiger partial charge in [-0.05, 0) is 65.7 Å². The van der Waals surface area contributed by atoms with E-state index in [0.717, 1.165) is 6.42 Å². The molecule has 1 fully saturated rings. The van der Waals surface area contributed by atoms with Gasteiger partial charge in [0.25, 0.3) is 0 Å². The quantitative estimate of drug-likeness (QED) is 0.588. The molecule has 2 aliphatic carbocycles. The lowest BCUT2D eigenvalue weighted by Crippen LogP contribution is -2.47. The van der Waals surface area contributed by atoms with Crippen LogP contribution in [0.3, 0.4) is 0 Å². The van der Waals surface area contributed by atoms with Crippen molar-refractivity contribution in [2.24, 2.45) is 11.3 Å². The highest BCUT2D eigenvalue weighted by Crippen LogP contribution is 2.58. The molecule has 0 bridgehead atoms. The van der Waals surface area contributed by atoms with Crippen LogP contribution in [0, 0.1) is 11.3 Å². The number of methoxy groups -OCH3 is 1. The van der Waals surface area contributed by atoms with Gasteiger partial charge >= 0.3 is 5.97 Å². The first-order valence-corrected chi connectivity index (χ1v) is 8.68. The Kier molecular flexibility index (Phi) is 3.94. The molecule has 0 N–H and O–H groups in total. The fraction of sp³-hybridized carbons (Fsp3) is 0.650. The fourth-order valence-electron chi connectivity index (χ4n) is 5.19. The number of hydrogen-bond donors (Lipinski definition) is 0. The average molecular weight is 316 g/mol. The van der Waals surface area contributed by atoms with Crippen LogP contribution in [0.15, 0.2) is 12.1 Å². The van der Waals surface area contributed by atoms with Gasteiger partial charge in [-0.15, -0.1) is 0 Å². The van der Waals surface area contributed by atoms with Crippen LogP contribution in [0.5, 0.6) is 11.5 Å². The molecule has 0 aromatic heterocycles. The van der Waals surface area contributed by atoms with Crippen LogP contribution >= 0.6 is 0 Å². The molecule has 0 radical (unpaired) electrons. The van der Waals surface area contributed by atoms with Crippen LogP contribution < -0.4 is 9.47 Å². The Labute approximate surface area is 139 Å². The van der Waals surface area contributed by atoms with Gasteiger partial charge in [0, 0.05) is 6.92 Å². The first-order valence-electron chi connectivity index (χ1n) is 8.68. The van der Waals surface area contributed by atoms with Crippen molar-refractivity contribution in [1.82, 2.24) is 0 Å². The smallest absolute Gasteiger partial charge is 0.308 e. The predicted octanol–water partition coefficient (Wildman–Crippen LogP) is 4.65. The monoisotopic (exact) mass is 316 g/mol. The van der Waals surface area contributed by atoms with E-state index >= 15 is 0 Å². The van der Waals surface area contributed by atoms with E-state index in [1.54, 1.807) is 7.11 Å². The number of fused-ring (bicyclic) bond motifs is 3. The fourth-order valence-corrected chi connectivity index (χ4v) is 5.19. The SMILES string of the molecule is COc1cc2c(cc1OC(C)=O)CC[C@H]1C(C)(C)CCC[C@]21C. The van der Waals surface area contributed by atoms with Crippen molar-refractivity contribution in [3.63, 3.8) is 0 Å². The maximum atomic E-state index is 11.3. The maximum Gasteiger partial charge on any atom is 0.308 e. The van der Waals surface area contributed by atoms with Gasteiger partial charge in [-0.2, -0.15) is 0 Å². The summed E-state index contributed by atoms with van der Waals surface area (Å²) in [6.07, 6.45) is 6.07. The summed E-state index contributed by atoms with van der Waals surface area (Å²) in [5.41, 5.74) is 3.29. The Morgan fingerprint density at radius 1 is 1.17 bits per heavy atom. The van der Waals surface area contributed by atoms with Gasteiger partial charge in [0.15, 0.2) is 11.5 Å². The minimum absolute atomic E-state index is 0.192. The predicted molar refractivity (Wildman–Crippen MR) is 91.1 cm³/mol. The summed E-state index contributed by atoms with van der Waals surface area (Å²) in [6, 6.07) is 4.15. The third kappa shape index (κ3) is 2.64. The molecule has 126 valence electrons. The normalized spacial score (nSPS) is 28.5. The summed E-state index contributed by atoms with van der Waals surface area (Å²) < 4.78 is 10.9. The molecule has 0 saturated heterocycles. The van der Waals surface area contributed by atoms with Crippen LogP contribution in [0.1, 0.15) is 64.5 Å². The molecular formula is C20H28O3. The van der Waals surface area contributed by atoms with Crippen LogP contribution in [0.4, 0.5) is 0 Å². The molecule has 3 heteroatoms. The number of carbonyl (C=O) groups excluding carboxylic acids is 1. The van der Waals surface area contributed by atoms with Crippen molar-refractivity contribution in [2.75, 3.05) is 7.11 Å². The van der Waals surface area contributed by atoms with E-state index in [1.807, 2.05) is 6.07 Å². The molecule has 0 unspecified atom stereocenters. The molecule has 0 amide bonds. The summed E-state index contributed by atoms with van der Waals surface area (Å²) in [4.78, 5) is 11.3. The number of hydrogen-bond acceptors (Lipinski definition) is 3. The van der Waals surface area contributed by atoms with Crippen molar-refractivity contribution in [1.29, 1.82) is 0 Å². The second-order valence-corrected chi connectivity index (χ2v) is 8.10. The number of ether oxygens (including phenoxy) is 2. The first kappa shape index (κ1) is 16.4. The van der Waals surface area contributed by atoms with E-state index in [9.17, 15) is 4.79 Å². The summed E-state index contributed by atoms with van der Waals surface area (Å²) in [7, 11) is 1.64. The second kappa shape index (κ2) is 5.54. The topological polar surface area (TPSA) is 35.5 Å². The molecule has 1 aromatic carbocycles. The molecule has 3 nitrogen and oxygen atoms in total. The molecule has 3 rings (SSSR count). The van der Waals surface area contributed by atoms with E-state index in [0.29, 0.717) is 22.8 Å². The zero-order valence-corrected chi connectivity index (χ0v) is 15.0. The molecule has 0 spiro atoms. The number of aryl methyl sites for hydroxylation is 1. The molecular weight excluding hydrogens is 288 g/mol. The Balaban J connectivity index is 2.09. The van der Waals surface area contributed by atoms with Crippen LogP contribution in [-0.2, 0) is 16.6 Å². The van der Waals surface area contributed by atoms with Crippen molar-refractivity contribution >= 4 is 5.97 Å². The lowest BCUT2D eigenvalue weighted by Gasteiger charge is -2.54. The van der Waals surface area contributed by atoms with Crippen molar-refractivity contribution in [3.8, 4) is 11.5 Å². The van der Waals surface area contributed by atoms with Crippen LogP contribution in [0.25, 0.3) is 0 Å². The molecule has 0 aliphatic heterocycles. The number of carbonyl (C=O) groups is 1. The second-order valence-electron chi connectivity index (χ2n) is 8.10. The van der Waals surface area contributed by atoms with E-state index in [1.165, 1.54) is 43.7 Å². The molecule has 1 aromatic rings. The highest BCUT2D eigenvalue weighted by Gasteiger charge is 2.49. The van der Waals surface area contributed by atoms with Gasteiger partial charge < -0.3 is 9.47 Å². The minimum Gasteiger partial charge on any atom is -0.493 e. The van der Waals surface area contributed by atoms with Crippen molar-refractivity contribution < 1.29 is 14.3 Å². The summed E-state index contributed by atoms with van der Waals surface area (Å²) >= 11 is 0. The van der Waals surface area contributed by atoms with Crippen LogP contribution in [-0.4, -0.2) is 13.1 Å². The summed E-state index contributed by atoms with van der Waals surface area (Å²) in [5.74, 6) is 1.61. The Hall–Kier alpha value is -1.51. The Morgan fingerprint density at radius 3 is 2.57 bits per heavy atom. The number of benzene rings is 1. The standard InChI is InChI=1S/C20H28O3/c1-13(21)23-17-11-14-7-8-18-19(2,3)9-6-10-20(18,4)15(14)12-16(17)22-5/h11-12,18H,6-10H2,1-5H3/t18-,20+/m0/s1. The van der Waals surface area contributed by atoms with E-state index < -0.39 is 0 Å². The average Bonchev–Trinajstić information content (AvgIpc) is 2.45. The molecule has 1 saturated carbocycles. The van der Waals surface area contributed by atoms with Gasteiger partial charge in [-0.1, -0.05) is 27.2 Å². The largest absolute Gasteiger partial charge is 0.493 e. The van der Waals surface area contributed by atoms with E-state index in [-0.39, 0.29) is 11.4 Å². The van der Waals surface area contributed by atoms with Crippen molar-refractivity contribution in [2.45, 2.75) is 65.2 Å². The highest BCUT2D eigenvalue weighted by molar-refractivity contribution is 5.71. The van der Waals surface area contributed by atoms with Gasteiger partial charge in [0.1, 0.15) is 0 Å². The number of esters is 1. The third-order valence-electron chi connectivity index (χ3n) is 6.19. The first-order chi connectivity index (χ1) is 10.8. The molecule has 2 aliphatic rings. The summed E-state index contributed by atoms with van der Waals surface area (Å²) in [6.45, 7) is 8.69. The Morgan fingerprint density at radius 2 is 1.91 bits per heavy atom. The maximum absolute atomic E-state index is 11.3. The molecule has 23 heavy (non-hydrogen) atoms. The zero-order chi connectivity index (χ0) is 16.8. The van der Waals surface area contributed by atoms with E-state index in [4.69, 9.17) is 9.47 Å². The lowest BCUT2D eigenvalue weighted by atomic mass is 9.50. The van der Waals surface area contributed by atoms with Gasteiger partial charge in [0.2, 0.25) is 0 Å². The number of rotatable bonds is 2.